The zero-order valence-electron chi connectivity index (χ0n) is 7.95. The Kier molecular flexibility index (Phi) is 4.58. The number of hydrogen-bond donors (Lipinski definition) is 3. The van der Waals surface area contributed by atoms with Crippen LogP contribution in [0.4, 0.5) is 0 Å². The first-order chi connectivity index (χ1) is 6.74. The standard InChI is InChI=1S/C9H15N3OS/c10-2-1-3-12-5-8-4-7(6-14-8)9(11)13/h4,6,12H,1-3,5,10H2,(H2,11,13). The molecule has 0 aliphatic carbocycles. The number of amides is 1. The molecule has 1 amide bonds. The van der Waals surface area contributed by atoms with Crippen LogP contribution < -0.4 is 16.8 Å². The number of primary amides is 1. The van der Waals surface area contributed by atoms with Gasteiger partial charge in [-0.2, -0.15) is 0 Å². The van der Waals surface area contributed by atoms with Gasteiger partial charge in [0.1, 0.15) is 0 Å². The van der Waals surface area contributed by atoms with Crippen molar-refractivity contribution in [3.8, 4) is 0 Å². The second-order valence-corrected chi connectivity index (χ2v) is 3.98. The van der Waals surface area contributed by atoms with Gasteiger partial charge < -0.3 is 16.8 Å². The maximum absolute atomic E-state index is 10.8. The van der Waals surface area contributed by atoms with Crippen LogP contribution in [0.1, 0.15) is 21.7 Å². The first-order valence-corrected chi connectivity index (χ1v) is 5.40. The lowest BCUT2D eigenvalue weighted by Gasteiger charge is -1.99. The van der Waals surface area contributed by atoms with Crippen molar-refractivity contribution in [2.45, 2.75) is 13.0 Å². The van der Waals surface area contributed by atoms with Crippen LogP contribution in [0, 0.1) is 0 Å². The molecule has 0 bridgehead atoms. The highest BCUT2D eigenvalue weighted by Crippen LogP contribution is 2.13. The van der Waals surface area contributed by atoms with Crippen molar-refractivity contribution < 1.29 is 4.79 Å². The molecule has 0 unspecified atom stereocenters. The maximum atomic E-state index is 10.8. The van der Waals surface area contributed by atoms with Crippen molar-refractivity contribution >= 4 is 17.2 Å². The summed E-state index contributed by atoms with van der Waals surface area (Å²) in [4.78, 5) is 11.9. The highest BCUT2D eigenvalue weighted by atomic mass is 32.1. The Morgan fingerprint density at radius 1 is 1.57 bits per heavy atom. The van der Waals surface area contributed by atoms with Crippen molar-refractivity contribution in [2.24, 2.45) is 11.5 Å². The molecule has 0 atom stereocenters. The Labute approximate surface area is 87.3 Å². The third-order valence-electron chi connectivity index (χ3n) is 1.80. The molecular formula is C9H15N3OS. The molecule has 0 aromatic carbocycles. The second-order valence-electron chi connectivity index (χ2n) is 2.98. The molecule has 0 aliphatic heterocycles. The highest BCUT2D eigenvalue weighted by molar-refractivity contribution is 7.10. The molecule has 14 heavy (non-hydrogen) atoms. The zero-order chi connectivity index (χ0) is 10.4. The minimum Gasteiger partial charge on any atom is -0.366 e. The number of nitrogens with two attached hydrogens (primary N) is 2. The van der Waals surface area contributed by atoms with Gasteiger partial charge in [-0.15, -0.1) is 11.3 Å². The molecule has 1 aromatic heterocycles. The molecule has 0 radical (unpaired) electrons. The topological polar surface area (TPSA) is 81.1 Å². The number of rotatable bonds is 6. The normalized spacial score (nSPS) is 10.4. The number of carbonyl (C=O) groups is 1. The molecular weight excluding hydrogens is 198 g/mol. The summed E-state index contributed by atoms with van der Waals surface area (Å²) in [7, 11) is 0. The van der Waals surface area contributed by atoms with Crippen LogP contribution in [0.25, 0.3) is 0 Å². The molecule has 4 nitrogen and oxygen atoms in total. The van der Waals surface area contributed by atoms with E-state index in [-0.39, 0.29) is 5.91 Å². The van der Waals surface area contributed by atoms with Gasteiger partial charge in [0.05, 0.1) is 5.56 Å². The summed E-state index contributed by atoms with van der Waals surface area (Å²) in [6.45, 7) is 2.38. The summed E-state index contributed by atoms with van der Waals surface area (Å²) in [5, 5.41) is 5.01. The Balaban J connectivity index is 2.33. The van der Waals surface area contributed by atoms with E-state index in [4.69, 9.17) is 11.5 Å². The molecule has 0 saturated heterocycles. The third kappa shape index (κ3) is 3.45. The molecule has 0 saturated carbocycles. The summed E-state index contributed by atoms with van der Waals surface area (Å²) in [6.07, 6.45) is 0.966. The van der Waals surface area contributed by atoms with Crippen molar-refractivity contribution in [1.82, 2.24) is 5.32 Å². The SMILES string of the molecule is NCCCNCc1cc(C(N)=O)cs1. The average Bonchev–Trinajstić information content (AvgIpc) is 2.61. The first kappa shape index (κ1) is 11.2. The van der Waals surface area contributed by atoms with Gasteiger partial charge in [-0.05, 0) is 25.6 Å². The van der Waals surface area contributed by atoms with Crippen LogP contribution in [0.2, 0.25) is 0 Å². The van der Waals surface area contributed by atoms with E-state index in [1.807, 2.05) is 6.07 Å². The highest BCUT2D eigenvalue weighted by Gasteiger charge is 2.03. The van der Waals surface area contributed by atoms with Gasteiger partial charge in [0, 0.05) is 16.8 Å². The lowest BCUT2D eigenvalue weighted by Crippen LogP contribution is -2.17. The van der Waals surface area contributed by atoms with Crippen LogP contribution in [0.3, 0.4) is 0 Å². The number of thiophene rings is 1. The fourth-order valence-corrected chi connectivity index (χ4v) is 1.88. The van der Waals surface area contributed by atoms with Gasteiger partial charge in [0.2, 0.25) is 5.91 Å². The fraction of sp³-hybridized carbons (Fsp3) is 0.444. The van der Waals surface area contributed by atoms with Crippen LogP contribution in [-0.4, -0.2) is 19.0 Å². The van der Waals surface area contributed by atoms with Gasteiger partial charge in [-0.3, -0.25) is 4.79 Å². The molecule has 0 fully saturated rings. The molecule has 5 N–H and O–H groups in total. The third-order valence-corrected chi connectivity index (χ3v) is 2.73. The van der Waals surface area contributed by atoms with E-state index in [2.05, 4.69) is 5.32 Å². The number of carbonyl (C=O) groups excluding carboxylic acids is 1. The Bertz CT molecular complexity index is 298. The number of nitrogens with one attached hydrogen (secondary N) is 1. The molecule has 78 valence electrons. The molecule has 1 aromatic rings. The van der Waals surface area contributed by atoms with Crippen LogP contribution >= 0.6 is 11.3 Å². The molecule has 0 spiro atoms. The molecule has 1 heterocycles. The van der Waals surface area contributed by atoms with Gasteiger partial charge in [-0.1, -0.05) is 0 Å². The molecule has 5 heteroatoms. The zero-order valence-corrected chi connectivity index (χ0v) is 8.77. The molecule has 1 rings (SSSR count). The molecule has 0 aliphatic rings. The van der Waals surface area contributed by atoms with Crippen LogP contribution in [0.15, 0.2) is 11.4 Å². The Morgan fingerprint density at radius 2 is 2.36 bits per heavy atom. The van der Waals surface area contributed by atoms with E-state index in [0.717, 1.165) is 24.4 Å². The summed E-state index contributed by atoms with van der Waals surface area (Å²) >= 11 is 1.54. The second kappa shape index (κ2) is 5.74. The van der Waals surface area contributed by atoms with Crippen molar-refractivity contribution in [1.29, 1.82) is 0 Å². The largest absolute Gasteiger partial charge is 0.366 e. The minimum absolute atomic E-state index is 0.366. The van der Waals surface area contributed by atoms with Gasteiger partial charge in [-0.25, -0.2) is 0 Å². The van der Waals surface area contributed by atoms with E-state index in [9.17, 15) is 4.79 Å². The van der Waals surface area contributed by atoms with Crippen molar-refractivity contribution in [3.05, 3.63) is 21.9 Å². The van der Waals surface area contributed by atoms with E-state index < -0.39 is 0 Å². The monoisotopic (exact) mass is 213 g/mol. The smallest absolute Gasteiger partial charge is 0.249 e. The fourth-order valence-electron chi connectivity index (χ4n) is 1.04. The van der Waals surface area contributed by atoms with Gasteiger partial charge in [0.15, 0.2) is 0 Å². The lowest BCUT2D eigenvalue weighted by molar-refractivity contribution is 0.100. The van der Waals surface area contributed by atoms with Crippen LogP contribution in [0.5, 0.6) is 0 Å². The Hall–Kier alpha value is -0.910. The van der Waals surface area contributed by atoms with E-state index in [1.165, 1.54) is 0 Å². The van der Waals surface area contributed by atoms with Gasteiger partial charge >= 0.3 is 0 Å². The van der Waals surface area contributed by atoms with E-state index in [0.29, 0.717) is 12.1 Å². The van der Waals surface area contributed by atoms with Crippen molar-refractivity contribution in [3.63, 3.8) is 0 Å². The summed E-state index contributed by atoms with van der Waals surface area (Å²) in [5.41, 5.74) is 11.1. The summed E-state index contributed by atoms with van der Waals surface area (Å²) in [5.74, 6) is -0.366. The average molecular weight is 213 g/mol. The van der Waals surface area contributed by atoms with E-state index >= 15 is 0 Å². The summed E-state index contributed by atoms with van der Waals surface area (Å²) in [6, 6.07) is 1.82. The maximum Gasteiger partial charge on any atom is 0.249 e. The van der Waals surface area contributed by atoms with Crippen LogP contribution in [-0.2, 0) is 6.54 Å². The predicted molar refractivity (Wildman–Crippen MR) is 58.2 cm³/mol. The predicted octanol–water partition coefficient (Wildman–Crippen LogP) is 0.285. The van der Waals surface area contributed by atoms with Crippen molar-refractivity contribution in [2.75, 3.05) is 13.1 Å². The first-order valence-electron chi connectivity index (χ1n) is 4.52. The number of hydrogen-bond acceptors (Lipinski definition) is 4. The lowest BCUT2D eigenvalue weighted by atomic mass is 10.3. The summed E-state index contributed by atoms with van der Waals surface area (Å²) < 4.78 is 0. The van der Waals surface area contributed by atoms with E-state index in [1.54, 1.807) is 16.7 Å². The Morgan fingerprint density at radius 3 is 2.93 bits per heavy atom. The quantitative estimate of drug-likeness (QED) is 0.594. The minimum atomic E-state index is -0.366. The van der Waals surface area contributed by atoms with Gasteiger partial charge in [0.25, 0.3) is 0 Å².